The highest BCUT2D eigenvalue weighted by Crippen LogP contribution is 2.27. The van der Waals surface area contributed by atoms with Crippen LogP contribution < -0.4 is 10.1 Å². The molecule has 1 unspecified atom stereocenters. The summed E-state index contributed by atoms with van der Waals surface area (Å²) in [5, 5.41) is 12.2. The standard InChI is InChI=1S/C15H19NO3/c1-5-8-16-15(18)12(4)19-14-9-10(2)6-7-13(14)11(3)17/h1,6-7,9,11-12,17H,8H2,2-4H3,(H,16,18)/t11-,12?/m0/s1. The van der Waals surface area contributed by atoms with E-state index in [0.717, 1.165) is 5.56 Å². The first-order chi connectivity index (χ1) is 8.95. The lowest BCUT2D eigenvalue weighted by atomic mass is 10.1. The van der Waals surface area contributed by atoms with Gasteiger partial charge in [0, 0.05) is 5.56 Å². The van der Waals surface area contributed by atoms with E-state index in [2.05, 4.69) is 11.2 Å². The van der Waals surface area contributed by atoms with E-state index < -0.39 is 12.2 Å². The van der Waals surface area contributed by atoms with Gasteiger partial charge >= 0.3 is 0 Å². The van der Waals surface area contributed by atoms with Gasteiger partial charge in [-0.15, -0.1) is 6.42 Å². The highest BCUT2D eigenvalue weighted by Gasteiger charge is 2.17. The van der Waals surface area contributed by atoms with Gasteiger partial charge in [0.05, 0.1) is 12.6 Å². The number of aliphatic hydroxyl groups is 1. The van der Waals surface area contributed by atoms with E-state index >= 15 is 0 Å². The molecule has 0 spiro atoms. The van der Waals surface area contributed by atoms with Crippen molar-refractivity contribution in [1.29, 1.82) is 0 Å². The second-order valence-corrected chi connectivity index (χ2v) is 4.40. The lowest BCUT2D eigenvalue weighted by Crippen LogP contribution is -2.36. The molecule has 2 atom stereocenters. The van der Waals surface area contributed by atoms with Crippen LogP contribution in [0, 0.1) is 19.3 Å². The Morgan fingerprint density at radius 3 is 2.79 bits per heavy atom. The molecule has 0 aliphatic rings. The van der Waals surface area contributed by atoms with Crippen LogP contribution in [0.1, 0.15) is 31.1 Å². The van der Waals surface area contributed by atoms with Crippen molar-refractivity contribution in [3.05, 3.63) is 29.3 Å². The van der Waals surface area contributed by atoms with Crippen molar-refractivity contribution in [2.75, 3.05) is 6.54 Å². The molecule has 2 N–H and O–H groups in total. The van der Waals surface area contributed by atoms with Crippen LogP contribution in [0.4, 0.5) is 0 Å². The number of terminal acetylenes is 1. The van der Waals surface area contributed by atoms with Gasteiger partial charge in [-0.2, -0.15) is 0 Å². The Morgan fingerprint density at radius 1 is 1.53 bits per heavy atom. The average Bonchev–Trinajstić information content (AvgIpc) is 2.35. The summed E-state index contributed by atoms with van der Waals surface area (Å²) in [6.07, 6.45) is 3.75. The van der Waals surface area contributed by atoms with Crippen LogP contribution in [-0.4, -0.2) is 23.7 Å². The highest BCUT2D eigenvalue weighted by molar-refractivity contribution is 5.80. The molecule has 1 rings (SSSR count). The predicted molar refractivity (Wildman–Crippen MR) is 73.7 cm³/mol. The van der Waals surface area contributed by atoms with E-state index in [-0.39, 0.29) is 12.5 Å². The molecule has 19 heavy (non-hydrogen) atoms. The van der Waals surface area contributed by atoms with Gasteiger partial charge < -0.3 is 15.2 Å². The molecule has 0 aromatic heterocycles. The van der Waals surface area contributed by atoms with Crippen LogP contribution in [0.5, 0.6) is 5.75 Å². The van der Waals surface area contributed by atoms with Crippen molar-refractivity contribution in [2.45, 2.75) is 33.0 Å². The summed E-state index contributed by atoms with van der Waals surface area (Å²) >= 11 is 0. The number of ether oxygens (including phenoxy) is 1. The number of carbonyl (C=O) groups excluding carboxylic acids is 1. The van der Waals surface area contributed by atoms with Gasteiger partial charge in [0.25, 0.3) is 5.91 Å². The zero-order chi connectivity index (χ0) is 14.4. The third-order valence-electron chi connectivity index (χ3n) is 2.66. The predicted octanol–water partition coefficient (Wildman–Crippen LogP) is 1.57. The lowest BCUT2D eigenvalue weighted by molar-refractivity contribution is -0.127. The first-order valence-corrected chi connectivity index (χ1v) is 6.12. The number of benzene rings is 1. The minimum atomic E-state index is -0.673. The molecule has 4 heteroatoms. The Morgan fingerprint density at radius 2 is 2.21 bits per heavy atom. The number of amides is 1. The lowest BCUT2D eigenvalue weighted by Gasteiger charge is -2.18. The Labute approximate surface area is 113 Å². The number of carbonyl (C=O) groups is 1. The molecule has 1 aromatic rings. The topological polar surface area (TPSA) is 58.6 Å². The summed E-state index contributed by atoms with van der Waals surface area (Å²) in [5.41, 5.74) is 1.65. The summed E-state index contributed by atoms with van der Waals surface area (Å²) in [5.74, 6) is 2.56. The van der Waals surface area contributed by atoms with Crippen molar-refractivity contribution >= 4 is 5.91 Å². The quantitative estimate of drug-likeness (QED) is 0.791. The molecular formula is C15H19NO3. The van der Waals surface area contributed by atoms with Gasteiger partial charge in [0.2, 0.25) is 0 Å². The first kappa shape index (κ1) is 15.1. The maximum atomic E-state index is 11.7. The molecule has 1 amide bonds. The third kappa shape index (κ3) is 4.31. The Bertz CT molecular complexity index is 489. The summed E-state index contributed by atoms with van der Waals surface area (Å²) in [6.45, 7) is 5.38. The smallest absolute Gasteiger partial charge is 0.261 e. The normalized spacial score (nSPS) is 13.2. The van der Waals surface area contributed by atoms with E-state index in [1.807, 2.05) is 13.0 Å². The number of hydrogen-bond acceptors (Lipinski definition) is 3. The van der Waals surface area contributed by atoms with Crippen LogP contribution in [0.15, 0.2) is 18.2 Å². The van der Waals surface area contributed by atoms with Crippen molar-refractivity contribution in [1.82, 2.24) is 5.32 Å². The van der Waals surface area contributed by atoms with Crippen LogP contribution >= 0.6 is 0 Å². The fourth-order valence-electron chi connectivity index (χ4n) is 1.61. The van der Waals surface area contributed by atoms with Gasteiger partial charge in [-0.05, 0) is 32.4 Å². The summed E-state index contributed by atoms with van der Waals surface area (Å²) in [7, 11) is 0. The fourth-order valence-corrected chi connectivity index (χ4v) is 1.61. The second kappa shape index (κ2) is 6.81. The molecule has 0 fully saturated rings. The van der Waals surface area contributed by atoms with E-state index in [0.29, 0.717) is 11.3 Å². The van der Waals surface area contributed by atoms with Gasteiger partial charge in [-0.1, -0.05) is 18.1 Å². The van der Waals surface area contributed by atoms with Crippen molar-refractivity contribution in [2.24, 2.45) is 0 Å². The number of rotatable bonds is 5. The zero-order valence-corrected chi connectivity index (χ0v) is 11.4. The van der Waals surface area contributed by atoms with Crippen LogP contribution in [0.25, 0.3) is 0 Å². The molecular weight excluding hydrogens is 242 g/mol. The molecule has 4 nitrogen and oxygen atoms in total. The highest BCUT2D eigenvalue weighted by atomic mass is 16.5. The summed E-state index contributed by atoms with van der Waals surface area (Å²) in [6, 6.07) is 5.48. The molecule has 1 aromatic carbocycles. The molecule has 0 aliphatic heterocycles. The SMILES string of the molecule is C#CCNC(=O)C(C)Oc1cc(C)ccc1[C@H](C)O. The van der Waals surface area contributed by atoms with E-state index in [1.54, 1.807) is 26.0 Å². The largest absolute Gasteiger partial charge is 0.481 e. The number of nitrogens with one attached hydrogen (secondary N) is 1. The summed E-state index contributed by atoms with van der Waals surface area (Å²) in [4.78, 5) is 11.7. The van der Waals surface area contributed by atoms with E-state index in [1.165, 1.54) is 0 Å². The van der Waals surface area contributed by atoms with E-state index in [4.69, 9.17) is 11.2 Å². The number of hydrogen-bond donors (Lipinski definition) is 2. The Kier molecular flexibility index (Phi) is 5.40. The zero-order valence-electron chi connectivity index (χ0n) is 11.4. The molecule has 0 bridgehead atoms. The van der Waals surface area contributed by atoms with Gasteiger partial charge in [-0.25, -0.2) is 0 Å². The van der Waals surface area contributed by atoms with Gasteiger partial charge in [-0.3, -0.25) is 4.79 Å². The molecule has 102 valence electrons. The van der Waals surface area contributed by atoms with Crippen molar-refractivity contribution < 1.29 is 14.6 Å². The van der Waals surface area contributed by atoms with Crippen LogP contribution in [0.2, 0.25) is 0 Å². The Balaban J connectivity index is 2.84. The van der Waals surface area contributed by atoms with Gasteiger partial charge in [0.15, 0.2) is 6.10 Å². The third-order valence-corrected chi connectivity index (χ3v) is 2.66. The minimum Gasteiger partial charge on any atom is -0.481 e. The Hall–Kier alpha value is -1.99. The number of aryl methyl sites for hydroxylation is 1. The van der Waals surface area contributed by atoms with Gasteiger partial charge in [0.1, 0.15) is 5.75 Å². The van der Waals surface area contributed by atoms with Crippen molar-refractivity contribution in [3.63, 3.8) is 0 Å². The van der Waals surface area contributed by atoms with Crippen LogP contribution in [-0.2, 0) is 4.79 Å². The molecule has 0 radical (unpaired) electrons. The second-order valence-electron chi connectivity index (χ2n) is 4.40. The fraction of sp³-hybridized carbons (Fsp3) is 0.400. The summed E-state index contributed by atoms with van der Waals surface area (Å²) < 4.78 is 5.61. The molecule has 0 saturated heterocycles. The van der Waals surface area contributed by atoms with Crippen LogP contribution in [0.3, 0.4) is 0 Å². The first-order valence-electron chi connectivity index (χ1n) is 6.12. The average molecular weight is 261 g/mol. The molecule has 0 heterocycles. The molecule has 0 aliphatic carbocycles. The maximum absolute atomic E-state index is 11.7. The minimum absolute atomic E-state index is 0.170. The van der Waals surface area contributed by atoms with E-state index in [9.17, 15) is 9.90 Å². The molecule has 0 saturated carbocycles. The number of aliphatic hydroxyl groups excluding tert-OH is 1. The van der Waals surface area contributed by atoms with Crippen molar-refractivity contribution in [3.8, 4) is 18.1 Å². The maximum Gasteiger partial charge on any atom is 0.261 e. The monoisotopic (exact) mass is 261 g/mol.